The number of benzene rings is 2. The predicted octanol–water partition coefficient (Wildman–Crippen LogP) is 2.05. The lowest BCUT2D eigenvalue weighted by Gasteiger charge is -2.63. The average molecular weight is 438 g/mol. The van der Waals surface area contributed by atoms with Gasteiger partial charge in [0, 0.05) is 17.0 Å². The van der Waals surface area contributed by atoms with Gasteiger partial charge in [0.25, 0.3) is 0 Å². The molecular weight excluding hydrogens is 406 g/mol. The molecule has 0 amide bonds. The predicted molar refractivity (Wildman–Crippen MR) is 119 cm³/mol. The summed E-state index contributed by atoms with van der Waals surface area (Å²) in [5.74, 6) is 1.58. The number of hydrogen-bond acceptors (Lipinski definition) is 6. The topological polar surface area (TPSA) is 82.4 Å². The van der Waals surface area contributed by atoms with E-state index in [1.807, 2.05) is 36.4 Å². The minimum atomic E-state index is -1.11. The van der Waals surface area contributed by atoms with E-state index in [1.54, 1.807) is 7.11 Å². The molecule has 1 spiro atoms. The Morgan fingerprint density at radius 3 is 2.72 bits per heavy atom. The van der Waals surface area contributed by atoms with Crippen LogP contribution in [0.4, 0.5) is 0 Å². The molecule has 2 aliphatic carbocycles. The first-order chi connectivity index (χ1) is 15.5. The van der Waals surface area contributed by atoms with Crippen molar-refractivity contribution in [2.24, 2.45) is 11.3 Å². The van der Waals surface area contributed by atoms with E-state index in [-0.39, 0.29) is 24.0 Å². The van der Waals surface area contributed by atoms with Crippen LogP contribution in [0.5, 0.6) is 11.5 Å². The Kier molecular flexibility index (Phi) is 4.44. The number of likely N-dealkylation sites (N-methyl/N-ethyl adjacent to an activating group) is 1. The molecule has 170 valence electrons. The van der Waals surface area contributed by atoms with Crippen LogP contribution in [-0.2, 0) is 11.8 Å². The van der Waals surface area contributed by atoms with Gasteiger partial charge in [0.2, 0.25) is 0 Å². The van der Waals surface area contributed by atoms with Gasteiger partial charge in [0.1, 0.15) is 12.2 Å². The van der Waals surface area contributed by atoms with Crippen LogP contribution in [0.1, 0.15) is 35.6 Å². The normalized spacial score (nSPS) is 38.0. The summed E-state index contributed by atoms with van der Waals surface area (Å²) >= 11 is 0. The van der Waals surface area contributed by atoms with E-state index in [1.165, 1.54) is 11.1 Å². The fraction of sp³-hybridized carbons (Fsp3) is 0.538. The summed E-state index contributed by atoms with van der Waals surface area (Å²) in [6.45, 7) is 0.616. The third-order valence-electron chi connectivity index (χ3n) is 9.08. The van der Waals surface area contributed by atoms with Gasteiger partial charge in [-0.05, 0) is 56.0 Å². The Morgan fingerprint density at radius 2 is 2.00 bits per heavy atom. The lowest BCUT2D eigenvalue weighted by Crippen LogP contribution is -2.71. The molecule has 1 saturated carbocycles. The van der Waals surface area contributed by atoms with Gasteiger partial charge < -0.3 is 29.7 Å². The van der Waals surface area contributed by atoms with Crippen LogP contribution in [0.2, 0.25) is 0 Å². The Hall–Kier alpha value is -2.12. The summed E-state index contributed by atoms with van der Waals surface area (Å²) in [5, 5.41) is 34.1. The summed E-state index contributed by atoms with van der Waals surface area (Å²) in [7, 11) is 3.81. The molecule has 32 heavy (non-hydrogen) atoms. The van der Waals surface area contributed by atoms with E-state index in [0.717, 1.165) is 25.1 Å². The van der Waals surface area contributed by atoms with E-state index in [9.17, 15) is 15.3 Å². The van der Waals surface area contributed by atoms with Gasteiger partial charge in [-0.2, -0.15) is 0 Å². The highest BCUT2D eigenvalue weighted by Gasteiger charge is 2.71. The fourth-order valence-electron chi connectivity index (χ4n) is 7.47. The summed E-state index contributed by atoms with van der Waals surface area (Å²) < 4.78 is 12.2. The molecule has 0 unspecified atom stereocenters. The number of likely N-dealkylation sites (tertiary alicyclic amines) is 1. The molecule has 3 N–H and O–H groups in total. The molecule has 6 rings (SSSR count). The highest BCUT2D eigenvalue weighted by atomic mass is 16.5. The van der Waals surface area contributed by atoms with Crippen molar-refractivity contribution in [2.45, 2.75) is 49.0 Å². The highest BCUT2D eigenvalue weighted by Crippen LogP contribution is 2.67. The van der Waals surface area contributed by atoms with Gasteiger partial charge in [-0.25, -0.2) is 0 Å². The number of hydrogen-bond donors (Lipinski definition) is 3. The van der Waals surface area contributed by atoms with Crippen molar-refractivity contribution in [1.29, 1.82) is 0 Å². The molecule has 2 bridgehead atoms. The maximum atomic E-state index is 11.9. The van der Waals surface area contributed by atoms with Crippen molar-refractivity contribution in [3.05, 3.63) is 59.2 Å². The molecule has 2 heterocycles. The van der Waals surface area contributed by atoms with Crippen LogP contribution in [0.25, 0.3) is 0 Å². The Labute approximate surface area is 188 Å². The van der Waals surface area contributed by atoms with Gasteiger partial charge in [0.15, 0.2) is 11.5 Å². The number of methoxy groups -OCH3 is 1. The van der Waals surface area contributed by atoms with E-state index in [4.69, 9.17) is 9.47 Å². The summed E-state index contributed by atoms with van der Waals surface area (Å²) in [5.41, 5.74) is 1.73. The second-order valence-electron chi connectivity index (χ2n) is 10.2. The number of aliphatic hydroxyl groups is 3. The summed E-state index contributed by atoms with van der Waals surface area (Å²) in [6.07, 6.45) is -0.250. The third kappa shape index (κ3) is 2.34. The Morgan fingerprint density at radius 1 is 1.22 bits per heavy atom. The molecular formula is C26H31NO5. The SMILES string of the molecule is COc1ccc2c3c1O[C@H]1[C@H](O)[C@](CO)([C@H](O)c4ccccc4)C[C@H]4[C@@H](C2)N(C)CC[C@@]341. The first-order valence-electron chi connectivity index (χ1n) is 11.6. The van der Waals surface area contributed by atoms with Crippen molar-refractivity contribution < 1.29 is 24.8 Å². The molecule has 4 aliphatic rings. The van der Waals surface area contributed by atoms with Gasteiger partial charge >= 0.3 is 0 Å². The van der Waals surface area contributed by atoms with Gasteiger partial charge in [-0.1, -0.05) is 36.4 Å². The molecule has 1 saturated heterocycles. The van der Waals surface area contributed by atoms with Crippen molar-refractivity contribution >= 4 is 0 Å². The second kappa shape index (κ2) is 6.94. The van der Waals surface area contributed by atoms with E-state index in [0.29, 0.717) is 17.7 Å². The number of nitrogens with zero attached hydrogens (tertiary/aromatic N) is 1. The standard InChI is InChI=1S/C26H31NO5/c1-27-11-10-26-17-13-25(14-28,22(29)15-6-4-3-5-7-15)23(30)24(26)32-21-19(31-2)9-8-16(20(21)26)12-18(17)27/h3-9,17-18,22-24,28-30H,10-14H2,1-2H3/t17-,18+,22+,23-,24-,25+,26-/m0/s1. The molecule has 2 aliphatic heterocycles. The number of ether oxygens (including phenoxy) is 2. The Bertz CT molecular complexity index is 1040. The second-order valence-corrected chi connectivity index (χ2v) is 10.2. The zero-order valence-electron chi connectivity index (χ0n) is 18.6. The van der Waals surface area contributed by atoms with Gasteiger partial charge in [-0.15, -0.1) is 0 Å². The summed E-state index contributed by atoms with van der Waals surface area (Å²) in [4.78, 5) is 2.41. The number of rotatable bonds is 4. The van der Waals surface area contributed by atoms with Gasteiger partial charge in [-0.3, -0.25) is 0 Å². The van der Waals surface area contributed by atoms with Crippen LogP contribution in [0.15, 0.2) is 42.5 Å². The van der Waals surface area contributed by atoms with Crippen molar-refractivity contribution in [2.75, 3.05) is 27.3 Å². The molecule has 6 nitrogen and oxygen atoms in total. The zero-order chi connectivity index (χ0) is 22.3. The lowest BCUT2D eigenvalue weighted by molar-refractivity contribution is -0.210. The molecule has 7 atom stereocenters. The molecule has 0 aromatic heterocycles. The minimum absolute atomic E-state index is 0.154. The highest BCUT2D eigenvalue weighted by molar-refractivity contribution is 5.61. The fourth-order valence-corrected chi connectivity index (χ4v) is 7.47. The van der Waals surface area contributed by atoms with Crippen LogP contribution in [0, 0.1) is 11.3 Å². The van der Waals surface area contributed by atoms with Crippen molar-refractivity contribution in [1.82, 2.24) is 4.90 Å². The van der Waals surface area contributed by atoms with Crippen LogP contribution >= 0.6 is 0 Å². The van der Waals surface area contributed by atoms with Crippen LogP contribution < -0.4 is 9.47 Å². The monoisotopic (exact) mass is 437 g/mol. The van der Waals surface area contributed by atoms with Gasteiger partial charge in [0.05, 0.1) is 25.2 Å². The first kappa shape index (κ1) is 20.5. The molecule has 6 heteroatoms. The van der Waals surface area contributed by atoms with E-state index >= 15 is 0 Å². The number of aliphatic hydroxyl groups excluding tert-OH is 3. The maximum absolute atomic E-state index is 11.9. The first-order valence-corrected chi connectivity index (χ1v) is 11.6. The van der Waals surface area contributed by atoms with E-state index < -0.39 is 23.7 Å². The molecule has 0 radical (unpaired) electrons. The zero-order valence-corrected chi connectivity index (χ0v) is 18.6. The van der Waals surface area contributed by atoms with Crippen LogP contribution in [0.3, 0.4) is 0 Å². The lowest BCUT2D eigenvalue weighted by atomic mass is 9.46. The summed E-state index contributed by atoms with van der Waals surface area (Å²) in [6, 6.07) is 13.7. The third-order valence-corrected chi connectivity index (χ3v) is 9.08. The number of piperidine rings is 1. The molecule has 2 aromatic rings. The van der Waals surface area contributed by atoms with Crippen molar-refractivity contribution in [3.63, 3.8) is 0 Å². The maximum Gasteiger partial charge on any atom is 0.165 e. The Balaban J connectivity index is 1.54. The molecule has 2 fully saturated rings. The average Bonchev–Trinajstić information content (AvgIpc) is 3.18. The largest absolute Gasteiger partial charge is 0.493 e. The van der Waals surface area contributed by atoms with E-state index in [2.05, 4.69) is 18.0 Å². The van der Waals surface area contributed by atoms with Crippen LogP contribution in [-0.4, -0.2) is 65.8 Å². The quantitative estimate of drug-likeness (QED) is 0.679. The minimum Gasteiger partial charge on any atom is -0.493 e. The smallest absolute Gasteiger partial charge is 0.165 e. The van der Waals surface area contributed by atoms with Crippen molar-refractivity contribution in [3.8, 4) is 11.5 Å². The molecule has 2 aromatic carbocycles.